The SMILES string of the molecule is CCCCCCNC(=O)c1cc(S(=O)(=O)Cl)ccc1C. The fraction of sp³-hybridized carbons (Fsp3) is 0.500. The van der Waals surface area contributed by atoms with Crippen LogP contribution in [0.3, 0.4) is 0 Å². The van der Waals surface area contributed by atoms with Crippen molar-refractivity contribution in [2.24, 2.45) is 0 Å². The van der Waals surface area contributed by atoms with Crippen LogP contribution in [0.4, 0.5) is 0 Å². The Labute approximate surface area is 124 Å². The summed E-state index contributed by atoms with van der Waals surface area (Å²) in [6.45, 7) is 4.48. The zero-order chi connectivity index (χ0) is 15.2. The molecule has 0 aromatic heterocycles. The van der Waals surface area contributed by atoms with Crippen molar-refractivity contribution in [3.05, 3.63) is 29.3 Å². The van der Waals surface area contributed by atoms with Gasteiger partial charge in [0, 0.05) is 22.8 Å². The predicted molar refractivity (Wildman–Crippen MR) is 80.7 cm³/mol. The molecule has 1 rings (SSSR count). The molecule has 20 heavy (non-hydrogen) atoms. The van der Waals surface area contributed by atoms with Gasteiger partial charge in [-0.2, -0.15) is 0 Å². The third-order valence-electron chi connectivity index (χ3n) is 3.05. The van der Waals surface area contributed by atoms with E-state index in [9.17, 15) is 13.2 Å². The highest BCUT2D eigenvalue weighted by atomic mass is 35.7. The first-order valence-corrected chi connectivity index (χ1v) is 9.00. The van der Waals surface area contributed by atoms with Gasteiger partial charge in [0.05, 0.1) is 4.90 Å². The molecule has 0 atom stereocenters. The lowest BCUT2D eigenvalue weighted by molar-refractivity contribution is 0.0952. The molecular formula is C14H20ClNO3S. The Bertz CT molecular complexity index is 570. The van der Waals surface area contributed by atoms with Gasteiger partial charge in [0.25, 0.3) is 15.0 Å². The van der Waals surface area contributed by atoms with Crippen molar-refractivity contribution in [1.82, 2.24) is 5.32 Å². The average Bonchev–Trinajstić information content (AvgIpc) is 2.37. The van der Waals surface area contributed by atoms with Crippen molar-refractivity contribution in [3.63, 3.8) is 0 Å². The van der Waals surface area contributed by atoms with Crippen LogP contribution >= 0.6 is 10.7 Å². The van der Waals surface area contributed by atoms with Crippen LogP contribution in [0.1, 0.15) is 48.5 Å². The number of amides is 1. The zero-order valence-corrected chi connectivity index (χ0v) is 13.4. The van der Waals surface area contributed by atoms with Crippen LogP contribution in [0.25, 0.3) is 0 Å². The van der Waals surface area contributed by atoms with Crippen LogP contribution in [-0.4, -0.2) is 20.9 Å². The van der Waals surface area contributed by atoms with Gasteiger partial charge in [-0.05, 0) is 31.0 Å². The first kappa shape index (κ1) is 17.0. The molecule has 0 fully saturated rings. The maximum absolute atomic E-state index is 12.0. The number of benzene rings is 1. The van der Waals surface area contributed by atoms with E-state index < -0.39 is 9.05 Å². The monoisotopic (exact) mass is 317 g/mol. The Morgan fingerprint density at radius 2 is 1.95 bits per heavy atom. The molecular weight excluding hydrogens is 298 g/mol. The summed E-state index contributed by atoms with van der Waals surface area (Å²) in [5, 5.41) is 2.80. The summed E-state index contributed by atoms with van der Waals surface area (Å²) in [4.78, 5) is 12.0. The van der Waals surface area contributed by atoms with Gasteiger partial charge in [-0.15, -0.1) is 0 Å². The van der Waals surface area contributed by atoms with Gasteiger partial charge in [0.2, 0.25) is 0 Å². The Hall–Kier alpha value is -1.07. The summed E-state index contributed by atoms with van der Waals surface area (Å²) in [5.74, 6) is -0.263. The molecule has 0 bridgehead atoms. The number of unbranched alkanes of at least 4 members (excludes halogenated alkanes) is 3. The van der Waals surface area contributed by atoms with Crippen LogP contribution in [-0.2, 0) is 9.05 Å². The molecule has 0 aliphatic carbocycles. The molecule has 0 unspecified atom stereocenters. The number of halogens is 1. The molecule has 0 saturated heterocycles. The summed E-state index contributed by atoms with van der Waals surface area (Å²) in [6.07, 6.45) is 4.29. The minimum absolute atomic E-state index is 0.0547. The van der Waals surface area contributed by atoms with Gasteiger partial charge < -0.3 is 5.32 Å². The highest BCUT2D eigenvalue weighted by molar-refractivity contribution is 8.13. The smallest absolute Gasteiger partial charge is 0.261 e. The molecule has 0 spiro atoms. The first-order chi connectivity index (χ1) is 9.36. The molecule has 1 N–H and O–H groups in total. The van der Waals surface area contributed by atoms with E-state index >= 15 is 0 Å². The standard InChI is InChI=1S/C14H20ClNO3S/c1-3-4-5-6-9-16-14(17)13-10-12(20(15,18)19)8-7-11(13)2/h7-8,10H,3-6,9H2,1-2H3,(H,16,17). The normalized spacial score (nSPS) is 11.3. The molecule has 0 heterocycles. The Morgan fingerprint density at radius 3 is 2.55 bits per heavy atom. The van der Waals surface area contributed by atoms with Crippen molar-refractivity contribution in [2.45, 2.75) is 44.4 Å². The van der Waals surface area contributed by atoms with Gasteiger partial charge in [0.1, 0.15) is 0 Å². The third kappa shape index (κ3) is 5.13. The van der Waals surface area contributed by atoms with Gasteiger partial charge in [-0.3, -0.25) is 4.79 Å². The molecule has 112 valence electrons. The van der Waals surface area contributed by atoms with Gasteiger partial charge in [0.15, 0.2) is 0 Å². The summed E-state index contributed by atoms with van der Waals surface area (Å²) < 4.78 is 22.6. The maximum atomic E-state index is 12.0. The average molecular weight is 318 g/mol. The van der Waals surface area contributed by atoms with Crippen LogP contribution in [0.15, 0.2) is 23.1 Å². The number of nitrogens with one attached hydrogen (secondary N) is 1. The van der Waals surface area contributed by atoms with Crippen LogP contribution in [0.2, 0.25) is 0 Å². The highest BCUT2D eigenvalue weighted by Crippen LogP contribution is 2.19. The summed E-state index contributed by atoms with van der Waals surface area (Å²) >= 11 is 0. The minimum Gasteiger partial charge on any atom is -0.352 e. The highest BCUT2D eigenvalue weighted by Gasteiger charge is 2.15. The van der Waals surface area contributed by atoms with Gasteiger partial charge >= 0.3 is 0 Å². The minimum atomic E-state index is -3.82. The second-order valence-corrected chi connectivity index (χ2v) is 7.30. The van der Waals surface area contributed by atoms with E-state index in [0.29, 0.717) is 12.1 Å². The van der Waals surface area contributed by atoms with E-state index in [-0.39, 0.29) is 10.8 Å². The molecule has 1 aromatic carbocycles. The quantitative estimate of drug-likeness (QED) is 0.620. The van der Waals surface area contributed by atoms with E-state index in [1.807, 2.05) is 0 Å². The zero-order valence-electron chi connectivity index (χ0n) is 11.8. The van der Waals surface area contributed by atoms with Gasteiger partial charge in [-0.25, -0.2) is 8.42 Å². The molecule has 6 heteroatoms. The second-order valence-electron chi connectivity index (χ2n) is 4.73. The Kier molecular flexibility index (Phi) is 6.49. The third-order valence-corrected chi connectivity index (χ3v) is 4.40. The Morgan fingerprint density at radius 1 is 1.25 bits per heavy atom. The predicted octanol–water partition coefficient (Wildman–Crippen LogP) is 3.23. The lowest BCUT2D eigenvalue weighted by atomic mass is 10.1. The van der Waals surface area contributed by atoms with E-state index in [2.05, 4.69) is 12.2 Å². The topological polar surface area (TPSA) is 63.2 Å². The molecule has 1 amide bonds. The maximum Gasteiger partial charge on any atom is 0.261 e. The number of carbonyl (C=O) groups excluding carboxylic acids is 1. The van der Waals surface area contributed by atoms with Crippen molar-refractivity contribution < 1.29 is 13.2 Å². The molecule has 0 saturated carbocycles. The molecule has 0 aliphatic rings. The van der Waals surface area contributed by atoms with Crippen molar-refractivity contribution in [3.8, 4) is 0 Å². The van der Waals surface area contributed by atoms with Gasteiger partial charge in [-0.1, -0.05) is 32.3 Å². The van der Waals surface area contributed by atoms with Crippen LogP contribution in [0, 0.1) is 6.92 Å². The summed E-state index contributed by atoms with van der Waals surface area (Å²) in [7, 11) is 1.47. The molecule has 0 radical (unpaired) electrons. The summed E-state index contributed by atoms with van der Waals surface area (Å²) in [6, 6.07) is 4.30. The van der Waals surface area contributed by atoms with E-state index in [4.69, 9.17) is 10.7 Å². The summed E-state index contributed by atoms with van der Waals surface area (Å²) in [5.41, 5.74) is 1.07. The van der Waals surface area contributed by atoms with Crippen molar-refractivity contribution >= 4 is 25.6 Å². The van der Waals surface area contributed by atoms with Crippen LogP contribution < -0.4 is 5.32 Å². The van der Waals surface area contributed by atoms with E-state index in [1.165, 1.54) is 12.1 Å². The Balaban J connectivity index is 2.72. The number of rotatable bonds is 7. The number of hydrogen-bond donors (Lipinski definition) is 1. The van der Waals surface area contributed by atoms with E-state index in [0.717, 1.165) is 31.2 Å². The molecule has 1 aromatic rings. The number of carbonyl (C=O) groups is 1. The van der Waals surface area contributed by atoms with Crippen LogP contribution in [0.5, 0.6) is 0 Å². The molecule has 4 nitrogen and oxygen atoms in total. The number of aryl methyl sites for hydroxylation is 1. The van der Waals surface area contributed by atoms with Crippen molar-refractivity contribution in [2.75, 3.05) is 6.54 Å². The molecule has 0 aliphatic heterocycles. The lowest BCUT2D eigenvalue weighted by Gasteiger charge is -2.08. The lowest BCUT2D eigenvalue weighted by Crippen LogP contribution is -2.25. The fourth-order valence-electron chi connectivity index (χ4n) is 1.85. The van der Waals surface area contributed by atoms with Crippen molar-refractivity contribution in [1.29, 1.82) is 0 Å². The number of hydrogen-bond acceptors (Lipinski definition) is 3. The first-order valence-electron chi connectivity index (χ1n) is 6.69. The van der Waals surface area contributed by atoms with E-state index in [1.54, 1.807) is 13.0 Å². The second kappa shape index (κ2) is 7.64. The fourth-order valence-corrected chi connectivity index (χ4v) is 2.62. The largest absolute Gasteiger partial charge is 0.352 e.